The molecule has 0 aromatic rings. The molecule has 0 bridgehead atoms. The van der Waals surface area contributed by atoms with Crippen molar-refractivity contribution in [3.8, 4) is 0 Å². The molecule has 0 aromatic heterocycles. The van der Waals surface area contributed by atoms with Crippen LogP contribution in [0.15, 0.2) is 0 Å². The molecule has 1 unspecified atom stereocenters. The van der Waals surface area contributed by atoms with Crippen LogP contribution in [-0.2, 0) is 0 Å². The quantitative estimate of drug-likeness (QED) is 0.660. The zero-order chi connectivity index (χ0) is 10.7. The van der Waals surface area contributed by atoms with Crippen molar-refractivity contribution in [2.75, 3.05) is 5.75 Å². The fourth-order valence-electron chi connectivity index (χ4n) is 1.00. The summed E-state index contributed by atoms with van der Waals surface area (Å²) in [4.78, 5) is 0. The van der Waals surface area contributed by atoms with Gasteiger partial charge in [-0.05, 0) is 5.75 Å². The second-order valence-corrected chi connectivity index (χ2v) is 24.5. The molecule has 0 saturated carbocycles. The number of rotatable bonds is 5. The van der Waals surface area contributed by atoms with Gasteiger partial charge in [0.1, 0.15) is 14.4 Å². The Morgan fingerprint density at radius 3 is 1.69 bits per heavy atom. The normalized spacial score (nSPS) is 15.9. The largest absolute Gasteiger partial charge is 0.185 e. The lowest BCUT2D eigenvalue weighted by Crippen LogP contribution is -2.23. The Morgan fingerprint density at radius 2 is 1.38 bits per heavy atom. The van der Waals surface area contributed by atoms with Crippen molar-refractivity contribution in [2.45, 2.75) is 51.5 Å². The maximum absolute atomic E-state index is 2.44. The van der Waals surface area contributed by atoms with Gasteiger partial charge in [-0.1, -0.05) is 46.2 Å². The first-order chi connectivity index (χ1) is 5.60. The Bertz CT molecular complexity index is 147. The van der Waals surface area contributed by atoms with E-state index in [0.29, 0.717) is 0 Å². The van der Waals surface area contributed by atoms with E-state index >= 15 is 0 Å². The molecule has 0 saturated heterocycles. The summed E-state index contributed by atoms with van der Waals surface area (Å²) in [6, 6.07) is 0. The molecule has 4 heteroatoms. The zero-order valence-electron chi connectivity index (χ0n) is 10.1. The molecule has 0 aliphatic rings. The molecule has 1 atom stereocenters. The van der Waals surface area contributed by atoms with Crippen molar-refractivity contribution in [3.05, 3.63) is 0 Å². The van der Waals surface area contributed by atoms with Crippen LogP contribution in [0.3, 0.4) is 0 Å². The third kappa shape index (κ3) is 11.1. The molecular formula is C9H24S2Si2. The Kier molecular flexibility index (Phi) is 5.74. The molecule has 0 rings (SSSR count). The Hall–Kier alpha value is 1.13. The minimum absolute atomic E-state index is 0.850. The van der Waals surface area contributed by atoms with Gasteiger partial charge >= 0.3 is 0 Å². The molecular weight excluding hydrogens is 228 g/mol. The molecule has 0 spiro atoms. The molecule has 0 nitrogen and oxygen atoms in total. The Labute approximate surface area is 94.0 Å². The first kappa shape index (κ1) is 14.1. The Balaban J connectivity index is 3.70. The smallest absolute Gasteiger partial charge is 0.108 e. The predicted molar refractivity (Wildman–Crippen MR) is 76.2 cm³/mol. The van der Waals surface area contributed by atoms with Crippen LogP contribution in [0.25, 0.3) is 0 Å². The molecule has 0 amide bonds. The molecule has 0 heterocycles. The minimum atomic E-state index is -0.898. The van der Waals surface area contributed by atoms with E-state index in [2.05, 4.69) is 68.6 Å². The molecule has 0 N–H and O–H groups in total. The SMILES string of the molecule is CC(CS[Si](C)(C)C)S[Si](C)(C)C. The van der Waals surface area contributed by atoms with Gasteiger partial charge in [0.2, 0.25) is 0 Å². The first-order valence-corrected chi connectivity index (χ1v) is 15.2. The molecule has 0 aliphatic heterocycles. The summed E-state index contributed by atoms with van der Waals surface area (Å²) < 4.78 is 0. The van der Waals surface area contributed by atoms with Crippen molar-refractivity contribution in [1.82, 2.24) is 0 Å². The van der Waals surface area contributed by atoms with Gasteiger partial charge in [0.15, 0.2) is 0 Å². The van der Waals surface area contributed by atoms with Gasteiger partial charge in [0, 0.05) is 5.25 Å². The van der Waals surface area contributed by atoms with Crippen LogP contribution in [0.5, 0.6) is 0 Å². The number of hydrogen-bond donors (Lipinski definition) is 0. The average molecular weight is 253 g/mol. The highest BCUT2D eigenvalue weighted by Crippen LogP contribution is 2.29. The summed E-state index contributed by atoms with van der Waals surface area (Å²) >= 11 is 4.46. The van der Waals surface area contributed by atoms with E-state index in [-0.39, 0.29) is 0 Å². The summed E-state index contributed by atoms with van der Waals surface area (Å²) in [5, 5.41) is 0.850. The standard InChI is InChI=1S/C9H24S2Si2/c1-9(11-13(5,6)7)8-10-12(2,3)4/h9H,8H2,1-7H3. The summed E-state index contributed by atoms with van der Waals surface area (Å²) in [5.74, 6) is 1.35. The third-order valence-corrected chi connectivity index (χ3v) is 10.8. The van der Waals surface area contributed by atoms with Crippen LogP contribution in [0.4, 0.5) is 0 Å². The molecule has 0 aliphatic carbocycles. The van der Waals surface area contributed by atoms with Gasteiger partial charge < -0.3 is 0 Å². The van der Waals surface area contributed by atoms with Gasteiger partial charge in [-0.25, -0.2) is 0 Å². The van der Waals surface area contributed by atoms with Crippen molar-refractivity contribution < 1.29 is 0 Å². The zero-order valence-corrected chi connectivity index (χ0v) is 13.7. The van der Waals surface area contributed by atoms with Gasteiger partial charge in [-0.15, -0.1) is 0 Å². The summed E-state index contributed by atoms with van der Waals surface area (Å²) in [6.07, 6.45) is 0. The van der Waals surface area contributed by atoms with E-state index in [9.17, 15) is 0 Å². The van der Waals surface area contributed by atoms with E-state index in [1.54, 1.807) is 0 Å². The lowest BCUT2D eigenvalue weighted by atomic mass is 10.6. The monoisotopic (exact) mass is 252 g/mol. The fourth-order valence-corrected chi connectivity index (χ4v) is 10.3. The van der Waals surface area contributed by atoms with Crippen LogP contribution in [0.1, 0.15) is 6.92 Å². The van der Waals surface area contributed by atoms with E-state index < -0.39 is 14.4 Å². The van der Waals surface area contributed by atoms with Gasteiger partial charge in [-0.2, -0.15) is 22.4 Å². The highest BCUT2D eigenvalue weighted by atomic mass is 32.4. The number of hydrogen-bond acceptors (Lipinski definition) is 2. The van der Waals surface area contributed by atoms with E-state index in [0.717, 1.165) is 5.25 Å². The average Bonchev–Trinajstić information content (AvgIpc) is 1.78. The topological polar surface area (TPSA) is 0 Å². The van der Waals surface area contributed by atoms with Crippen LogP contribution in [-0.4, -0.2) is 25.4 Å². The van der Waals surface area contributed by atoms with Crippen molar-refractivity contribution in [2.24, 2.45) is 0 Å². The Morgan fingerprint density at radius 1 is 0.923 bits per heavy atom. The molecule has 0 fully saturated rings. The predicted octanol–water partition coefficient (Wildman–Crippen LogP) is 4.51. The first-order valence-electron chi connectivity index (χ1n) is 4.92. The van der Waals surface area contributed by atoms with Gasteiger partial charge in [-0.3, -0.25) is 0 Å². The molecule has 0 radical (unpaired) electrons. The maximum atomic E-state index is 2.44. The summed E-state index contributed by atoms with van der Waals surface area (Å²) in [5.41, 5.74) is 0. The highest BCUT2D eigenvalue weighted by Gasteiger charge is 2.20. The van der Waals surface area contributed by atoms with E-state index in [1.165, 1.54) is 5.75 Å². The maximum Gasteiger partial charge on any atom is 0.108 e. The van der Waals surface area contributed by atoms with Crippen LogP contribution < -0.4 is 0 Å². The summed E-state index contributed by atoms with van der Waals surface area (Å²) in [7, 11) is -1.77. The molecule has 80 valence electrons. The lowest BCUT2D eigenvalue weighted by Gasteiger charge is -2.23. The fraction of sp³-hybridized carbons (Fsp3) is 1.00. The van der Waals surface area contributed by atoms with Gasteiger partial charge in [0.05, 0.1) is 0 Å². The van der Waals surface area contributed by atoms with Crippen molar-refractivity contribution in [1.29, 1.82) is 0 Å². The second-order valence-electron chi connectivity index (χ2n) is 5.46. The highest BCUT2D eigenvalue weighted by molar-refractivity contribution is 8.31. The lowest BCUT2D eigenvalue weighted by molar-refractivity contribution is 1.14. The van der Waals surface area contributed by atoms with Gasteiger partial charge in [0.25, 0.3) is 0 Å². The minimum Gasteiger partial charge on any atom is -0.185 e. The van der Waals surface area contributed by atoms with Crippen molar-refractivity contribution >= 4 is 36.9 Å². The molecule has 13 heavy (non-hydrogen) atoms. The van der Waals surface area contributed by atoms with Crippen molar-refractivity contribution in [3.63, 3.8) is 0 Å². The third-order valence-electron chi connectivity index (χ3n) is 1.31. The second kappa shape index (κ2) is 5.28. The van der Waals surface area contributed by atoms with E-state index in [4.69, 9.17) is 0 Å². The molecule has 0 aromatic carbocycles. The van der Waals surface area contributed by atoms with Crippen LogP contribution in [0.2, 0.25) is 39.3 Å². The van der Waals surface area contributed by atoms with E-state index in [1.807, 2.05) is 0 Å². The van der Waals surface area contributed by atoms with Crippen LogP contribution >= 0.6 is 22.4 Å². The summed E-state index contributed by atoms with van der Waals surface area (Å²) in [6.45, 7) is 17.0. The van der Waals surface area contributed by atoms with Crippen LogP contribution in [0, 0.1) is 0 Å².